The maximum absolute atomic E-state index is 10.0. The van der Waals surface area contributed by atoms with Gasteiger partial charge in [0.1, 0.15) is 11.6 Å². The normalized spacial score (nSPS) is 6.40. The van der Waals surface area contributed by atoms with Crippen LogP contribution in [0.2, 0.25) is 0 Å². The predicted molar refractivity (Wildman–Crippen MR) is 34.1 cm³/mol. The fraction of sp³-hybridized carbons (Fsp3) is 0.667. The van der Waals surface area contributed by atoms with Crippen molar-refractivity contribution in [3.05, 3.63) is 0 Å². The molecule has 10 heavy (non-hydrogen) atoms. The van der Waals surface area contributed by atoms with Crippen LogP contribution in [0.1, 0.15) is 20.3 Å². The van der Waals surface area contributed by atoms with Gasteiger partial charge in [0.25, 0.3) is 0 Å². The monoisotopic (exact) mass is 180 g/mol. The van der Waals surface area contributed by atoms with Crippen molar-refractivity contribution in [3.63, 3.8) is 0 Å². The van der Waals surface area contributed by atoms with Gasteiger partial charge in [-0.05, 0) is 13.8 Å². The summed E-state index contributed by atoms with van der Waals surface area (Å²) in [6.45, 7) is 2.81. The van der Waals surface area contributed by atoms with E-state index in [1.165, 1.54) is 13.8 Å². The molecule has 3 nitrogen and oxygen atoms in total. The summed E-state index contributed by atoms with van der Waals surface area (Å²) in [5.74, 6) is -0.125. The minimum atomic E-state index is -0.0625. The Morgan fingerprint density at radius 1 is 1.10 bits per heavy atom. The Morgan fingerprint density at radius 3 is 1.30 bits per heavy atom. The zero-order chi connectivity index (χ0) is 7.86. The minimum Gasteiger partial charge on any atom is -0.400 e. The Kier molecular flexibility index (Phi) is 19.5. The maximum Gasteiger partial charge on any atom is 0.137 e. The molecular weight excluding hydrogens is 168 g/mol. The third-order valence-corrected chi connectivity index (χ3v) is 0.498. The summed E-state index contributed by atoms with van der Waals surface area (Å²) in [5.41, 5.74) is 0. The Morgan fingerprint density at radius 2 is 1.30 bits per heavy atom. The number of rotatable bonds is 2. The van der Waals surface area contributed by atoms with Crippen LogP contribution in [0.3, 0.4) is 0 Å². The fourth-order valence-electron chi connectivity index (χ4n) is 0.351. The first-order valence-corrected chi connectivity index (χ1v) is 2.56. The van der Waals surface area contributed by atoms with Crippen LogP contribution in [0.25, 0.3) is 0 Å². The van der Waals surface area contributed by atoms with E-state index < -0.39 is 0 Å². The Balaban J connectivity index is -0.000000149. The fourth-order valence-corrected chi connectivity index (χ4v) is 0.351. The molecule has 0 saturated carbocycles. The van der Waals surface area contributed by atoms with E-state index in [0.29, 0.717) is 0 Å². The molecule has 0 amide bonds. The molecule has 0 rings (SSSR count). The smallest absolute Gasteiger partial charge is 0.137 e. The molecule has 58 valence electrons. The van der Waals surface area contributed by atoms with Crippen molar-refractivity contribution in [2.45, 2.75) is 20.3 Å². The average Bonchev–Trinajstić information content (AvgIpc) is 1.68. The van der Waals surface area contributed by atoms with Gasteiger partial charge < -0.3 is 5.11 Å². The summed E-state index contributed by atoms with van der Waals surface area (Å²) in [4.78, 5) is 20.1. The van der Waals surface area contributed by atoms with Gasteiger partial charge in [-0.2, -0.15) is 0 Å². The molecule has 4 heteroatoms. The molecule has 0 bridgehead atoms. The molecular formula is C6H12O3Ti. The Bertz CT molecular complexity index is 89.2. The molecule has 0 atom stereocenters. The second kappa shape index (κ2) is 11.8. The Hall–Kier alpha value is 0.0143. The number of aliphatic hydroxyl groups excluding tert-OH is 1. The van der Waals surface area contributed by atoms with E-state index in [-0.39, 0.29) is 39.7 Å². The molecule has 0 aromatic carbocycles. The largest absolute Gasteiger partial charge is 0.400 e. The second-order valence-corrected chi connectivity index (χ2v) is 1.58. The molecule has 0 heterocycles. The molecule has 0 aliphatic carbocycles. The second-order valence-electron chi connectivity index (χ2n) is 1.58. The van der Waals surface area contributed by atoms with Crippen molar-refractivity contribution >= 4 is 11.6 Å². The van der Waals surface area contributed by atoms with Crippen LogP contribution in [0.5, 0.6) is 0 Å². The number of hydrogen-bond donors (Lipinski definition) is 1. The number of carbonyl (C=O) groups excluding carboxylic acids is 2. The summed E-state index contributed by atoms with van der Waals surface area (Å²) in [5, 5.41) is 7.00. The third-order valence-electron chi connectivity index (χ3n) is 0.498. The molecule has 0 fully saturated rings. The summed E-state index contributed by atoms with van der Waals surface area (Å²) in [6.07, 6.45) is 0.0833. The van der Waals surface area contributed by atoms with Gasteiger partial charge in [0.2, 0.25) is 0 Å². The first kappa shape index (κ1) is 16.5. The van der Waals surface area contributed by atoms with Crippen LogP contribution in [0.4, 0.5) is 0 Å². The zero-order valence-corrected chi connectivity index (χ0v) is 8.03. The van der Waals surface area contributed by atoms with Crippen LogP contribution in [-0.2, 0) is 31.3 Å². The van der Waals surface area contributed by atoms with Gasteiger partial charge in [-0.15, -0.1) is 0 Å². The third kappa shape index (κ3) is 24.5. The van der Waals surface area contributed by atoms with E-state index in [0.717, 1.165) is 7.11 Å². The standard InChI is InChI=1S/C5H8O2.CH4O.Ti/c1-4(6)3-5(2)7;1-2;/h3H2,1-2H3;2H,1H3;. The summed E-state index contributed by atoms with van der Waals surface area (Å²) >= 11 is 0. The van der Waals surface area contributed by atoms with Gasteiger partial charge in [0.15, 0.2) is 0 Å². The van der Waals surface area contributed by atoms with Crippen LogP contribution in [-0.4, -0.2) is 23.8 Å². The quantitative estimate of drug-likeness (QED) is 0.486. The number of carbonyl (C=O) groups is 2. The van der Waals surface area contributed by atoms with Gasteiger partial charge >= 0.3 is 0 Å². The summed E-state index contributed by atoms with van der Waals surface area (Å²) in [7, 11) is 1.00. The van der Waals surface area contributed by atoms with E-state index in [1.807, 2.05) is 0 Å². The molecule has 1 N–H and O–H groups in total. The van der Waals surface area contributed by atoms with Gasteiger partial charge in [0, 0.05) is 28.8 Å². The predicted octanol–water partition coefficient (Wildman–Crippen LogP) is 0.161. The topological polar surface area (TPSA) is 54.4 Å². The molecule has 0 radical (unpaired) electrons. The van der Waals surface area contributed by atoms with E-state index in [4.69, 9.17) is 5.11 Å². The summed E-state index contributed by atoms with van der Waals surface area (Å²) < 4.78 is 0. The number of aliphatic hydroxyl groups is 1. The van der Waals surface area contributed by atoms with E-state index in [1.54, 1.807) is 0 Å². The number of hydrogen-bond acceptors (Lipinski definition) is 3. The van der Waals surface area contributed by atoms with E-state index in [2.05, 4.69) is 0 Å². The van der Waals surface area contributed by atoms with Crippen molar-refractivity contribution in [1.82, 2.24) is 0 Å². The van der Waals surface area contributed by atoms with Crippen molar-refractivity contribution < 1.29 is 36.4 Å². The van der Waals surface area contributed by atoms with Crippen molar-refractivity contribution in [2.24, 2.45) is 0 Å². The number of Topliss-reactive ketones (excluding diaryl/α,β-unsaturated/α-hetero) is 2. The SMILES string of the molecule is CC(=O)CC(C)=O.CO.[Ti]. The first-order valence-electron chi connectivity index (χ1n) is 2.56. The Labute approximate surface area is 75.7 Å². The average molecular weight is 180 g/mol. The summed E-state index contributed by atoms with van der Waals surface area (Å²) in [6, 6.07) is 0. The molecule has 0 spiro atoms. The van der Waals surface area contributed by atoms with E-state index >= 15 is 0 Å². The molecule has 0 aliphatic rings. The molecule has 0 saturated heterocycles. The van der Waals surface area contributed by atoms with E-state index in [9.17, 15) is 9.59 Å². The van der Waals surface area contributed by atoms with Crippen LogP contribution < -0.4 is 0 Å². The van der Waals surface area contributed by atoms with Gasteiger partial charge in [-0.3, -0.25) is 9.59 Å². The zero-order valence-electron chi connectivity index (χ0n) is 6.47. The minimum absolute atomic E-state index is 0. The van der Waals surface area contributed by atoms with Crippen molar-refractivity contribution in [1.29, 1.82) is 0 Å². The van der Waals surface area contributed by atoms with Gasteiger partial charge in [-0.1, -0.05) is 0 Å². The first-order chi connectivity index (χ1) is 4.13. The molecule has 0 aliphatic heterocycles. The van der Waals surface area contributed by atoms with Gasteiger partial charge in [-0.25, -0.2) is 0 Å². The van der Waals surface area contributed by atoms with Gasteiger partial charge in [0.05, 0.1) is 6.42 Å². The van der Waals surface area contributed by atoms with Crippen molar-refractivity contribution in [3.8, 4) is 0 Å². The molecule has 0 aromatic rings. The van der Waals surface area contributed by atoms with Crippen LogP contribution in [0, 0.1) is 0 Å². The van der Waals surface area contributed by atoms with Crippen LogP contribution in [0.15, 0.2) is 0 Å². The van der Waals surface area contributed by atoms with Crippen LogP contribution >= 0.6 is 0 Å². The number of ketones is 2. The van der Waals surface area contributed by atoms with Crippen molar-refractivity contribution in [2.75, 3.05) is 7.11 Å². The maximum atomic E-state index is 10.0. The molecule has 0 aromatic heterocycles. The molecule has 0 unspecified atom stereocenters.